The Labute approximate surface area is 76.1 Å². The van der Waals surface area contributed by atoms with E-state index in [1.165, 1.54) is 9.40 Å². The molecular weight excluding hydrogens is 190 g/mol. The summed E-state index contributed by atoms with van der Waals surface area (Å²) < 4.78 is 2.47. The van der Waals surface area contributed by atoms with Gasteiger partial charge in [-0.2, -0.15) is 0 Å². The van der Waals surface area contributed by atoms with E-state index in [4.69, 9.17) is 0 Å². The zero-order valence-electron chi connectivity index (χ0n) is 6.29. The van der Waals surface area contributed by atoms with Crippen LogP contribution in [0.3, 0.4) is 0 Å². The van der Waals surface area contributed by atoms with Crippen molar-refractivity contribution < 1.29 is 0 Å². The van der Waals surface area contributed by atoms with E-state index in [1.54, 1.807) is 22.7 Å². The van der Waals surface area contributed by atoms with E-state index in [-0.39, 0.29) is 0 Å². The van der Waals surface area contributed by atoms with Crippen LogP contribution in [-0.4, -0.2) is 15.0 Å². The third-order valence-corrected chi connectivity index (χ3v) is 3.71. The fourth-order valence-electron chi connectivity index (χ4n) is 1.27. The van der Waals surface area contributed by atoms with Gasteiger partial charge in [-0.25, -0.2) is 9.97 Å². The smallest absolute Gasteiger partial charge is 0.151 e. The Hall–Kier alpha value is -0.940. The van der Waals surface area contributed by atoms with Crippen LogP contribution in [0.2, 0.25) is 0 Å². The van der Waals surface area contributed by atoms with Gasteiger partial charge in [0.1, 0.15) is 0 Å². The van der Waals surface area contributed by atoms with Gasteiger partial charge in [-0.05, 0) is 6.92 Å². The van der Waals surface area contributed by atoms with E-state index in [2.05, 4.69) is 15.0 Å². The Kier molecular flexibility index (Phi) is 1.12. The quantitative estimate of drug-likeness (QED) is 0.599. The molecule has 0 aromatic carbocycles. The lowest BCUT2D eigenvalue weighted by molar-refractivity contribution is 1.28. The second-order valence-corrected chi connectivity index (χ2v) is 4.62. The number of hydrogen-bond acceptors (Lipinski definition) is 4. The second kappa shape index (κ2) is 2.05. The molecule has 3 heterocycles. The molecule has 3 rings (SSSR count). The van der Waals surface area contributed by atoms with Crippen LogP contribution in [-0.2, 0) is 0 Å². The lowest BCUT2D eigenvalue weighted by Crippen LogP contribution is -1.69. The number of nitrogens with one attached hydrogen (secondary N) is 1. The maximum Gasteiger partial charge on any atom is 0.151 e. The summed E-state index contributed by atoms with van der Waals surface area (Å²) in [5, 5.41) is 1.10. The van der Waals surface area contributed by atoms with Gasteiger partial charge in [0.2, 0.25) is 0 Å². The molecule has 3 nitrogen and oxygen atoms in total. The summed E-state index contributed by atoms with van der Waals surface area (Å²) in [5.41, 5.74) is 3.80. The molecule has 3 aromatic rings. The van der Waals surface area contributed by atoms with E-state index in [9.17, 15) is 0 Å². The molecule has 0 saturated heterocycles. The maximum absolute atomic E-state index is 4.35. The van der Waals surface area contributed by atoms with E-state index in [1.807, 2.05) is 12.4 Å². The van der Waals surface area contributed by atoms with Crippen LogP contribution < -0.4 is 0 Å². The largest absolute Gasteiger partial charge is 0.322 e. The lowest BCUT2D eigenvalue weighted by Gasteiger charge is -1.74. The molecule has 0 fully saturated rings. The minimum Gasteiger partial charge on any atom is -0.322 e. The molecule has 0 bridgehead atoms. The molecule has 0 unspecified atom stereocenters. The summed E-state index contributed by atoms with van der Waals surface area (Å²) in [6.07, 6.45) is 0. The first-order valence-corrected chi connectivity index (χ1v) is 5.22. The standard InChI is InChI=1S/C7H5N3S2/c1-3-9-7-5(12-3)4-6(10-7)8-2-11-4/h2,10H,1H3. The molecule has 0 aliphatic heterocycles. The van der Waals surface area contributed by atoms with E-state index in [0.29, 0.717) is 0 Å². The molecule has 60 valence electrons. The van der Waals surface area contributed by atoms with Crippen LogP contribution in [0.1, 0.15) is 5.01 Å². The van der Waals surface area contributed by atoms with Crippen molar-refractivity contribution in [3.63, 3.8) is 0 Å². The second-order valence-electron chi connectivity index (χ2n) is 2.57. The summed E-state index contributed by atoms with van der Waals surface area (Å²) >= 11 is 3.39. The van der Waals surface area contributed by atoms with E-state index < -0.39 is 0 Å². The van der Waals surface area contributed by atoms with Gasteiger partial charge in [0, 0.05) is 0 Å². The summed E-state index contributed by atoms with van der Waals surface area (Å²) in [4.78, 5) is 11.7. The van der Waals surface area contributed by atoms with Crippen LogP contribution in [0.25, 0.3) is 20.7 Å². The highest BCUT2D eigenvalue weighted by molar-refractivity contribution is 7.26. The topological polar surface area (TPSA) is 41.6 Å². The highest BCUT2D eigenvalue weighted by Crippen LogP contribution is 2.31. The number of rotatable bonds is 0. The Balaban J connectivity index is 2.64. The summed E-state index contributed by atoms with van der Waals surface area (Å²) in [7, 11) is 0. The summed E-state index contributed by atoms with van der Waals surface area (Å²) in [5.74, 6) is 0. The Bertz CT molecular complexity index is 545. The Morgan fingerprint density at radius 3 is 3.17 bits per heavy atom. The predicted molar refractivity (Wildman–Crippen MR) is 51.9 cm³/mol. The number of nitrogens with zero attached hydrogens (tertiary/aromatic N) is 2. The minimum atomic E-state index is 0.966. The Morgan fingerprint density at radius 1 is 1.33 bits per heavy atom. The normalized spacial score (nSPS) is 11.8. The molecule has 0 atom stereocenters. The van der Waals surface area contributed by atoms with Crippen molar-refractivity contribution in [3.05, 3.63) is 10.5 Å². The summed E-state index contributed by atoms with van der Waals surface area (Å²) in [6.45, 7) is 2.02. The number of aromatic amines is 1. The van der Waals surface area contributed by atoms with E-state index in [0.717, 1.165) is 16.3 Å². The number of H-pyrrole nitrogens is 1. The third kappa shape index (κ3) is 0.697. The predicted octanol–water partition coefficient (Wildman–Crippen LogP) is 2.54. The van der Waals surface area contributed by atoms with Gasteiger partial charge in [0.15, 0.2) is 11.3 Å². The number of fused-ring (bicyclic) bond motifs is 3. The van der Waals surface area contributed by atoms with Crippen molar-refractivity contribution in [2.75, 3.05) is 0 Å². The average molecular weight is 195 g/mol. The fraction of sp³-hybridized carbons (Fsp3) is 0.143. The number of aromatic nitrogens is 3. The van der Waals surface area contributed by atoms with Crippen LogP contribution in [0, 0.1) is 6.92 Å². The third-order valence-electron chi connectivity index (χ3n) is 1.74. The minimum absolute atomic E-state index is 0.966. The van der Waals surface area contributed by atoms with Gasteiger partial charge in [0.25, 0.3) is 0 Å². The molecular formula is C7H5N3S2. The van der Waals surface area contributed by atoms with Crippen LogP contribution >= 0.6 is 22.7 Å². The zero-order chi connectivity index (χ0) is 8.13. The van der Waals surface area contributed by atoms with Crippen molar-refractivity contribution >= 4 is 43.4 Å². The fourth-order valence-corrected chi connectivity index (χ4v) is 3.04. The molecule has 0 radical (unpaired) electrons. The molecule has 3 aromatic heterocycles. The zero-order valence-corrected chi connectivity index (χ0v) is 7.92. The number of aryl methyl sites for hydroxylation is 1. The summed E-state index contributed by atoms with van der Waals surface area (Å²) in [6, 6.07) is 0. The van der Waals surface area contributed by atoms with Crippen LogP contribution in [0.4, 0.5) is 0 Å². The first kappa shape index (κ1) is 6.56. The van der Waals surface area contributed by atoms with Gasteiger partial charge in [-0.1, -0.05) is 0 Å². The molecule has 0 saturated carbocycles. The maximum atomic E-state index is 4.35. The Morgan fingerprint density at radius 2 is 2.25 bits per heavy atom. The van der Waals surface area contributed by atoms with Crippen molar-refractivity contribution in [1.82, 2.24) is 15.0 Å². The van der Waals surface area contributed by atoms with Gasteiger partial charge in [0.05, 0.1) is 19.9 Å². The van der Waals surface area contributed by atoms with Crippen LogP contribution in [0.5, 0.6) is 0 Å². The monoisotopic (exact) mass is 195 g/mol. The first-order chi connectivity index (χ1) is 5.84. The van der Waals surface area contributed by atoms with E-state index >= 15 is 0 Å². The van der Waals surface area contributed by atoms with Gasteiger partial charge in [-0.15, -0.1) is 22.7 Å². The van der Waals surface area contributed by atoms with Crippen LogP contribution in [0.15, 0.2) is 5.51 Å². The van der Waals surface area contributed by atoms with Gasteiger partial charge < -0.3 is 4.98 Å². The molecule has 5 heteroatoms. The van der Waals surface area contributed by atoms with Crippen molar-refractivity contribution in [2.45, 2.75) is 6.92 Å². The highest BCUT2D eigenvalue weighted by Gasteiger charge is 2.09. The molecule has 0 spiro atoms. The van der Waals surface area contributed by atoms with Crippen molar-refractivity contribution in [2.24, 2.45) is 0 Å². The molecule has 1 N–H and O–H groups in total. The molecule has 12 heavy (non-hydrogen) atoms. The number of thiazole rings is 2. The lowest BCUT2D eigenvalue weighted by atomic mass is 10.6. The molecule has 0 amide bonds. The van der Waals surface area contributed by atoms with Gasteiger partial charge >= 0.3 is 0 Å². The molecule has 0 aliphatic rings. The van der Waals surface area contributed by atoms with Gasteiger partial charge in [-0.3, -0.25) is 0 Å². The average Bonchev–Trinajstić information content (AvgIpc) is 2.59. The SMILES string of the molecule is Cc1nc2[nH]c3ncsc3c2s1. The van der Waals surface area contributed by atoms with Crippen molar-refractivity contribution in [1.29, 1.82) is 0 Å². The highest BCUT2D eigenvalue weighted by atomic mass is 32.1. The van der Waals surface area contributed by atoms with Crippen molar-refractivity contribution in [3.8, 4) is 0 Å². The number of hydrogen-bond donors (Lipinski definition) is 1. The molecule has 0 aliphatic carbocycles. The first-order valence-electron chi connectivity index (χ1n) is 3.53.